The van der Waals surface area contributed by atoms with Crippen LogP contribution in [0.5, 0.6) is 0 Å². The number of hydrogen-bond donors (Lipinski definition) is 2. The fraction of sp³-hybridized carbons (Fsp3) is 0.304. The summed E-state index contributed by atoms with van der Waals surface area (Å²) in [4.78, 5) is 12.1. The van der Waals surface area contributed by atoms with E-state index in [-0.39, 0.29) is 5.91 Å². The van der Waals surface area contributed by atoms with Gasteiger partial charge in [-0.15, -0.1) is 0 Å². The summed E-state index contributed by atoms with van der Waals surface area (Å²) in [5.74, 6) is 0.662. The molecule has 0 spiro atoms. The van der Waals surface area contributed by atoms with Gasteiger partial charge in [0.05, 0.1) is 0 Å². The van der Waals surface area contributed by atoms with Crippen LogP contribution in [0.3, 0.4) is 0 Å². The third-order valence-electron chi connectivity index (χ3n) is 4.62. The Hall–Kier alpha value is -2.46. The third-order valence-corrected chi connectivity index (χ3v) is 4.82. The lowest BCUT2D eigenvalue weighted by Crippen LogP contribution is -2.33. The summed E-state index contributed by atoms with van der Waals surface area (Å²) in [5, 5.41) is 6.15. The number of nitrogens with one attached hydrogen (secondary N) is 2. The van der Waals surface area contributed by atoms with Crippen LogP contribution in [-0.4, -0.2) is 11.0 Å². The van der Waals surface area contributed by atoms with Gasteiger partial charge in [-0.2, -0.15) is 0 Å². The lowest BCUT2D eigenvalue weighted by Gasteiger charge is -2.16. The number of carbonyl (C=O) groups is 1. The van der Waals surface area contributed by atoms with Crippen LogP contribution in [0.2, 0.25) is 0 Å². The molecule has 0 bridgehead atoms. The minimum absolute atomic E-state index is 0.249. The van der Waals surface area contributed by atoms with E-state index >= 15 is 0 Å². The van der Waals surface area contributed by atoms with Gasteiger partial charge in [-0.1, -0.05) is 70.2 Å². The Morgan fingerprint density at radius 2 is 1.74 bits per heavy atom. The van der Waals surface area contributed by atoms with Crippen LogP contribution >= 0.6 is 12.2 Å². The fourth-order valence-corrected chi connectivity index (χ4v) is 2.94. The summed E-state index contributed by atoms with van der Waals surface area (Å²) in [6.45, 7) is 8.65. The fourth-order valence-electron chi connectivity index (χ4n) is 2.73. The highest BCUT2D eigenvalue weighted by Crippen LogP contribution is 2.26. The molecule has 0 fully saturated rings. The van der Waals surface area contributed by atoms with E-state index in [0.29, 0.717) is 16.9 Å². The second-order valence-electron chi connectivity index (χ2n) is 6.99. The molecule has 142 valence electrons. The molecule has 1 atom stereocenters. The van der Waals surface area contributed by atoms with E-state index in [0.717, 1.165) is 17.7 Å². The lowest BCUT2D eigenvalue weighted by molar-refractivity contribution is -0.115. The summed E-state index contributed by atoms with van der Waals surface area (Å²) >= 11 is 5.29. The van der Waals surface area contributed by atoms with E-state index in [9.17, 15) is 4.79 Å². The van der Waals surface area contributed by atoms with Gasteiger partial charge in [0.25, 0.3) is 0 Å². The summed E-state index contributed by atoms with van der Waals surface area (Å²) in [5.41, 5.74) is 4.39. The number of anilines is 1. The van der Waals surface area contributed by atoms with Crippen LogP contribution in [0.15, 0.2) is 54.6 Å². The summed E-state index contributed by atoms with van der Waals surface area (Å²) < 4.78 is 0. The van der Waals surface area contributed by atoms with Gasteiger partial charge in [0.1, 0.15) is 0 Å². The van der Waals surface area contributed by atoms with Crippen molar-refractivity contribution >= 4 is 35.0 Å². The number of para-hydroxylation sites is 1. The largest absolute Gasteiger partial charge is 0.332 e. The molecule has 27 heavy (non-hydrogen) atoms. The number of rotatable bonds is 6. The smallest absolute Gasteiger partial charge is 0.250 e. The molecular formula is C23H28N2OS. The molecule has 3 nitrogen and oxygen atoms in total. The van der Waals surface area contributed by atoms with Gasteiger partial charge >= 0.3 is 0 Å². The second kappa shape index (κ2) is 10.0. The number of thiocarbonyl (C=S) groups is 1. The highest BCUT2D eigenvalue weighted by Gasteiger charge is 2.10. The van der Waals surface area contributed by atoms with E-state index in [1.165, 1.54) is 17.2 Å². The predicted octanol–water partition coefficient (Wildman–Crippen LogP) is 5.85. The normalized spacial score (nSPS) is 12.2. The molecule has 4 heteroatoms. The molecule has 0 radical (unpaired) electrons. The Bertz CT molecular complexity index is 809. The summed E-state index contributed by atoms with van der Waals surface area (Å²) in [6, 6.07) is 16.2. The van der Waals surface area contributed by atoms with Gasteiger partial charge in [-0.3, -0.25) is 10.1 Å². The number of hydrogen-bond acceptors (Lipinski definition) is 2. The van der Waals surface area contributed by atoms with Crippen LogP contribution in [0.25, 0.3) is 6.08 Å². The minimum atomic E-state index is -0.249. The zero-order chi connectivity index (χ0) is 19.8. The van der Waals surface area contributed by atoms with Gasteiger partial charge in [-0.25, -0.2) is 0 Å². The van der Waals surface area contributed by atoms with Crippen molar-refractivity contribution in [1.29, 1.82) is 0 Å². The predicted molar refractivity (Wildman–Crippen MR) is 119 cm³/mol. The zero-order valence-corrected chi connectivity index (χ0v) is 17.3. The Balaban J connectivity index is 1.95. The van der Waals surface area contributed by atoms with Gasteiger partial charge in [0.2, 0.25) is 5.91 Å². The van der Waals surface area contributed by atoms with Crippen molar-refractivity contribution in [2.45, 2.75) is 46.0 Å². The van der Waals surface area contributed by atoms with Crippen molar-refractivity contribution in [3.05, 3.63) is 71.3 Å². The number of carbonyl (C=O) groups excluding carboxylic acids is 1. The monoisotopic (exact) mass is 380 g/mol. The first-order valence-corrected chi connectivity index (χ1v) is 9.80. The zero-order valence-electron chi connectivity index (χ0n) is 16.5. The Kier molecular flexibility index (Phi) is 7.74. The van der Waals surface area contributed by atoms with E-state index in [4.69, 9.17) is 12.2 Å². The molecule has 0 aromatic heterocycles. The first-order chi connectivity index (χ1) is 12.9. The summed E-state index contributed by atoms with van der Waals surface area (Å²) in [7, 11) is 0. The molecule has 0 unspecified atom stereocenters. The minimum Gasteiger partial charge on any atom is -0.332 e. The molecule has 2 rings (SSSR count). The van der Waals surface area contributed by atoms with Crippen LogP contribution in [0.1, 0.15) is 62.6 Å². The lowest BCUT2D eigenvalue weighted by atomic mass is 9.97. The van der Waals surface area contributed by atoms with Crippen molar-refractivity contribution < 1.29 is 4.79 Å². The van der Waals surface area contributed by atoms with Gasteiger partial charge in [0, 0.05) is 11.8 Å². The molecule has 1 amide bonds. The van der Waals surface area contributed by atoms with Gasteiger partial charge < -0.3 is 5.32 Å². The molecule has 2 N–H and O–H groups in total. The molecular weight excluding hydrogens is 352 g/mol. The molecule has 0 saturated heterocycles. The highest BCUT2D eigenvalue weighted by molar-refractivity contribution is 7.80. The Morgan fingerprint density at radius 3 is 2.37 bits per heavy atom. The first-order valence-electron chi connectivity index (χ1n) is 9.39. The SMILES string of the molecule is CC[C@H](C)c1ccccc1NC(=S)NC(=O)/C=C/c1ccc(C(C)C)cc1. The number of benzene rings is 2. The van der Waals surface area contributed by atoms with E-state index in [1.54, 1.807) is 6.08 Å². The molecule has 0 saturated carbocycles. The van der Waals surface area contributed by atoms with Crippen LogP contribution in [0.4, 0.5) is 5.69 Å². The molecule has 0 aliphatic rings. The maximum atomic E-state index is 12.1. The Morgan fingerprint density at radius 1 is 1.07 bits per heavy atom. The topological polar surface area (TPSA) is 41.1 Å². The molecule has 2 aromatic rings. The highest BCUT2D eigenvalue weighted by atomic mass is 32.1. The maximum Gasteiger partial charge on any atom is 0.250 e. The number of amides is 1. The average Bonchev–Trinajstić information content (AvgIpc) is 2.66. The van der Waals surface area contributed by atoms with Crippen molar-refractivity contribution in [2.24, 2.45) is 0 Å². The summed E-state index contributed by atoms with van der Waals surface area (Å²) in [6.07, 6.45) is 4.32. The molecule has 2 aromatic carbocycles. The van der Waals surface area contributed by atoms with E-state index < -0.39 is 0 Å². The first kappa shape index (κ1) is 20.8. The van der Waals surface area contributed by atoms with Crippen molar-refractivity contribution in [1.82, 2.24) is 5.32 Å². The van der Waals surface area contributed by atoms with Gasteiger partial charge in [0.15, 0.2) is 5.11 Å². The van der Waals surface area contributed by atoms with Crippen molar-refractivity contribution in [3.63, 3.8) is 0 Å². The third kappa shape index (κ3) is 6.33. The molecule has 0 aliphatic heterocycles. The van der Waals surface area contributed by atoms with E-state index in [1.807, 2.05) is 30.3 Å². The standard InChI is InChI=1S/C23H28N2OS/c1-5-17(4)20-8-6-7-9-21(20)24-23(27)25-22(26)15-12-18-10-13-19(14-11-18)16(2)3/h6-17H,5H2,1-4H3,(H2,24,25,26,27)/b15-12+/t17-/m0/s1. The van der Waals surface area contributed by atoms with Crippen LogP contribution < -0.4 is 10.6 Å². The van der Waals surface area contributed by atoms with E-state index in [2.05, 4.69) is 56.5 Å². The Labute approximate surface area is 167 Å². The van der Waals surface area contributed by atoms with Crippen molar-refractivity contribution in [2.75, 3.05) is 5.32 Å². The quantitative estimate of drug-likeness (QED) is 0.488. The average molecular weight is 381 g/mol. The van der Waals surface area contributed by atoms with Gasteiger partial charge in [-0.05, 0) is 59.3 Å². The molecule has 0 aliphatic carbocycles. The molecule has 0 heterocycles. The van der Waals surface area contributed by atoms with Crippen LogP contribution in [-0.2, 0) is 4.79 Å². The second-order valence-corrected chi connectivity index (χ2v) is 7.40. The maximum absolute atomic E-state index is 12.1. The van der Waals surface area contributed by atoms with Crippen LogP contribution in [0, 0.1) is 0 Å². The van der Waals surface area contributed by atoms with Crippen molar-refractivity contribution in [3.8, 4) is 0 Å².